The molecule has 1 fully saturated rings. The summed E-state index contributed by atoms with van der Waals surface area (Å²) in [5.41, 5.74) is -0.303. The van der Waals surface area contributed by atoms with Crippen LogP contribution < -0.4 is 0 Å². The lowest BCUT2D eigenvalue weighted by Crippen LogP contribution is -2.25. The van der Waals surface area contributed by atoms with Crippen LogP contribution in [0, 0.1) is 0 Å². The van der Waals surface area contributed by atoms with E-state index in [-0.39, 0.29) is 5.92 Å². The van der Waals surface area contributed by atoms with Crippen molar-refractivity contribution in [1.29, 1.82) is 0 Å². The van der Waals surface area contributed by atoms with Gasteiger partial charge in [0.25, 0.3) is 0 Å². The van der Waals surface area contributed by atoms with E-state index in [4.69, 9.17) is 4.74 Å². The zero-order valence-corrected chi connectivity index (χ0v) is 13.3. The van der Waals surface area contributed by atoms with E-state index in [1.54, 1.807) is 13.2 Å². The summed E-state index contributed by atoms with van der Waals surface area (Å²) in [4.78, 5) is 6.56. The normalized spacial score (nSPS) is 19.1. The molecule has 1 saturated heterocycles. The van der Waals surface area contributed by atoms with Gasteiger partial charge in [-0.25, -0.2) is 9.67 Å². The molecule has 1 aromatic heterocycles. The predicted octanol–water partition coefficient (Wildman–Crippen LogP) is 2.72. The fourth-order valence-corrected chi connectivity index (χ4v) is 3.01. The lowest BCUT2D eigenvalue weighted by atomic mass is 10.1. The highest BCUT2D eigenvalue weighted by atomic mass is 19.4. The van der Waals surface area contributed by atoms with Crippen molar-refractivity contribution >= 4 is 0 Å². The third kappa shape index (κ3) is 3.59. The largest absolute Gasteiger partial charge is 0.416 e. The van der Waals surface area contributed by atoms with E-state index < -0.39 is 11.7 Å². The fourth-order valence-electron chi connectivity index (χ4n) is 3.01. The van der Waals surface area contributed by atoms with Gasteiger partial charge in [0.05, 0.1) is 17.9 Å². The minimum atomic E-state index is -4.37. The van der Waals surface area contributed by atoms with Crippen molar-refractivity contribution in [3.8, 4) is 5.69 Å². The molecule has 1 aliphatic rings. The van der Waals surface area contributed by atoms with Gasteiger partial charge >= 0.3 is 6.18 Å². The van der Waals surface area contributed by atoms with E-state index in [1.807, 2.05) is 0 Å². The zero-order chi connectivity index (χ0) is 17.2. The van der Waals surface area contributed by atoms with Gasteiger partial charge in [0.1, 0.15) is 12.2 Å². The molecule has 3 rings (SSSR count). The van der Waals surface area contributed by atoms with Crippen molar-refractivity contribution in [1.82, 2.24) is 19.7 Å². The van der Waals surface area contributed by atoms with Crippen LogP contribution in [0.5, 0.6) is 0 Å². The molecule has 24 heavy (non-hydrogen) atoms. The highest BCUT2D eigenvalue weighted by Gasteiger charge is 2.31. The Morgan fingerprint density at radius 1 is 1.33 bits per heavy atom. The van der Waals surface area contributed by atoms with Gasteiger partial charge in [-0.15, -0.1) is 0 Å². The maximum absolute atomic E-state index is 12.9. The standard InChI is InChI=1S/C16H19F3N4O/c1-24-8-7-22-6-5-12(10-22)15-20-11-21-23(15)14-4-2-3-13(9-14)16(17,18)19/h2-4,9,11-12H,5-8,10H2,1H3/t12-/m1/s1. The van der Waals surface area contributed by atoms with Gasteiger partial charge in [-0.3, -0.25) is 0 Å². The van der Waals surface area contributed by atoms with Crippen LogP contribution in [-0.2, 0) is 10.9 Å². The summed E-state index contributed by atoms with van der Waals surface area (Å²) in [6.45, 7) is 3.22. The van der Waals surface area contributed by atoms with E-state index in [9.17, 15) is 13.2 Å². The summed E-state index contributed by atoms with van der Waals surface area (Å²) in [5.74, 6) is 0.855. The lowest BCUT2D eigenvalue weighted by molar-refractivity contribution is -0.137. The molecular weight excluding hydrogens is 321 g/mol. The minimum Gasteiger partial charge on any atom is -0.383 e. The molecule has 0 spiro atoms. The van der Waals surface area contributed by atoms with Crippen molar-refractivity contribution in [2.75, 3.05) is 33.4 Å². The number of aromatic nitrogens is 3. The van der Waals surface area contributed by atoms with Crippen LogP contribution in [-0.4, -0.2) is 53.0 Å². The van der Waals surface area contributed by atoms with Gasteiger partial charge in [0.15, 0.2) is 0 Å². The smallest absolute Gasteiger partial charge is 0.383 e. The summed E-state index contributed by atoms with van der Waals surface area (Å²) in [6.07, 6.45) is -2.07. The first-order chi connectivity index (χ1) is 11.5. The Kier molecular flexibility index (Phi) is 4.86. The minimum absolute atomic E-state index is 0.152. The number of likely N-dealkylation sites (tertiary alicyclic amines) is 1. The van der Waals surface area contributed by atoms with E-state index >= 15 is 0 Å². The summed E-state index contributed by atoms with van der Waals surface area (Å²) in [5, 5.41) is 4.14. The fraction of sp³-hybridized carbons (Fsp3) is 0.500. The van der Waals surface area contributed by atoms with Crippen molar-refractivity contribution in [2.45, 2.75) is 18.5 Å². The molecule has 1 atom stereocenters. The molecule has 0 bridgehead atoms. The molecule has 0 aliphatic carbocycles. The predicted molar refractivity (Wildman–Crippen MR) is 82.0 cm³/mol. The first kappa shape index (κ1) is 16.9. The maximum Gasteiger partial charge on any atom is 0.416 e. The summed E-state index contributed by atoms with van der Waals surface area (Å²) in [6, 6.07) is 5.17. The van der Waals surface area contributed by atoms with Crippen molar-refractivity contribution in [2.24, 2.45) is 0 Å². The Labute approximate surface area is 138 Å². The lowest BCUT2D eigenvalue weighted by Gasteiger charge is -2.16. The first-order valence-electron chi connectivity index (χ1n) is 7.78. The second-order valence-corrected chi connectivity index (χ2v) is 5.86. The van der Waals surface area contributed by atoms with Crippen molar-refractivity contribution in [3.05, 3.63) is 42.0 Å². The number of hydrogen-bond acceptors (Lipinski definition) is 4. The van der Waals surface area contributed by atoms with Crippen LogP contribution >= 0.6 is 0 Å². The highest BCUT2D eigenvalue weighted by molar-refractivity contribution is 5.37. The summed E-state index contributed by atoms with van der Waals surface area (Å²) < 4.78 is 45.4. The van der Waals surface area contributed by atoms with Crippen LogP contribution in [0.1, 0.15) is 23.7 Å². The molecule has 0 N–H and O–H groups in total. The molecule has 0 unspecified atom stereocenters. The van der Waals surface area contributed by atoms with Gasteiger partial charge in [-0.05, 0) is 31.2 Å². The third-order valence-corrected chi connectivity index (χ3v) is 4.24. The number of hydrogen-bond donors (Lipinski definition) is 0. The van der Waals surface area contributed by atoms with Crippen LogP contribution in [0.3, 0.4) is 0 Å². The molecule has 1 aliphatic heterocycles. The first-order valence-corrected chi connectivity index (χ1v) is 7.78. The van der Waals surface area contributed by atoms with Gasteiger partial charge < -0.3 is 9.64 Å². The van der Waals surface area contributed by atoms with E-state index in [2.05, 4.69) is 15.0 Å². The molecule has 2 aromatic rings. The summed E-state index contributed by atoms with van der Waals surface area (Å²) in [7, 11) is 1.66. The second-order valence-electron chi connectivity index (χ2n) is 5.86. The van der Waals surface area contributed by atoms with Crippen LogP contribution in [0.2, 0.25) is 0 Å². The number of rotatable bonds is 5. The molecule has 130 valence electrons. The number of halogens is 3. The SMILES string of the molecule is COCCN1CC[C@@H](c2ncnn2-c2cccc(C(F)(F)F)c2)C1. The quantitative estimate of drug-likeness (QED) is 0.839. The third-order valence-electron chi connectivity index (χ3n) is 4.24. The van der Waals surface area contributed by atoms with Gasteiger partial charge in [0.2, 0.25) is 0 Å². The van der Waals surface area contributed by atoms with Crippen LogP contribution in [0.15, 0.2) is 30.6 Å². The molecular formula is C16H19F3N4O. The Morgan fingerprint density at radius 3 is 2.92 bits per heavy atom. The highest BCUT2D eigenvalue weighted by Crippen LogP contribution is 2.31. The Balaban J connectivity index is 1.82. The molecule has 2 heterocycles. The van der Waals surface area contributed by atoms with Crippen molar-refractivity contribution in [3.63, 3.8) is 0 Å². The van der Waals surface area contributed by atoms with Crippen molar-refractivity contribution < 1.29 is 17.9 Å². The number of methoxy groups -OCH3 is 1. The maximum atomic E-state index is 12.9. The molecule has 0 amide bonds. The van der Waals surface area contributed by atoms with E-state index in [1.165, 1.54) is 17.1 Å². The molecule has 1 aromatic carbocycles. The molecule has 0 radical (unpaired) electrons. The van der Waals surface area contributed by atoms with Crippen LogP contribution in [0.4, 0.5) is 13.2 Å². The molecule has 5 nitrogen and oxygen atoms in total. The van der Waals surface area contributed by atoms with Gasteiger partial charge in [0, 0.05) is 26.1 Å². The van der Waals surface area contributed by atoms with Gasteiger partial charge in [-0.1, -0.05) is 6.07 Å². The van der Waals surface area contributed by atoms with E-state index in [0.717, 1.165) is 38.2 Å². The second kappa shape index (κ2) is 6.90. The van der Waals surface area contributed by atoms with E-state index in [0.29, 0.717) is 18.1 Å². The van der Waals surface area contributed by atoms with Crippen LogP contribution in [0.25, 0.3) is 5.69 Å². The number of alkyl halides is 3. The zero-order valence-electron chi connectivity index (χ0n) is 13.3. The Morgan fingerprint density at radius 2 is 2.17 bits per heavy atom. The molecule has 0 saturated carbocycles. The average molecular weight is 340 g/mol. The van der Waals surface area contributed by atoms with Gasteiger partial charge in [-0.2, -0.15) is 18.3 Å². The Bertz CT molecular complexity index is 686. The summed E-state index contributed by atoms with van der Waals surface area (Å²) >= 11 is 0. The number of nitrogens with zero attached hydrogens (tertiary/aromatic N) is 4. The average Bonchev–Trinajstić information content (AvgIpc) is 3.21. The number of benzene rings is 1. The number of ether oxygens (including phenoxy) is 1. The molecule has 8 heteroatoms. The monoisotopic (exact) mass is 340 g/mol. The Hall–Kier alpha value is -1.93. The topological polar surface area (TPSA) is 43.2 Å².